The smallest absolute Gasteiger partial charge is 0.227 e. The zero-order valence-electron chi connectivity index (χ0n) is 13.6. The number of aromatic nitrogens is 3. The number of hydrogen-bond acceptors (Lipinski definition) is 5. The summed E-state index contributed by atoms with van der Waals surface area (Å²) < 4.78 is 2.00. The van der Waals surface area contributed by atoms with Gasteiger partial charge in [0.15, 0.2) is 5.13 Å². The van der Waals surface area contributed by atoms with Crippen LogP contribution in [-0.4, -0.2) is 20.4 Å². The van der Waals surface area contributed by atoms with E-state index in [9.17, 15) is 4.79 Å². The van der Waals surface area contributed by atoms with Gasteiger partial charge in [-0.25, -0.2) is 9.97 Å². The van der Waals surface area contributed by atoms with Gasteiger partial charge >= 0.3 is 0 Å². The van der Waals surface area contributed by atoms with Crippen LogP contribution in [0.3, 0.4) is 0 Å². The molecule has 3 heterocycles. The Labute approximate surface area is 153 Å². The van der Waals surface area contributed by atoms with E-state index < -0.39 is 0 Å². The summed E-state index contributed by atoms with van der Waals surface area (Å²) in [6, 6.07) is 12.1. The molecule has 0 unspecified atom stereocenters. The van der Waals surface area contributed by atoms with Crippen molar-refractivity contribution in [3.05, 3.63) is 53.0 Å². The molecule has 0 aliphatic carbocycles. The molecule has 0 radical (unpaired) electrons. The number of carbonyl (C=O) groups is 1. The van der Waals surface area contributed by atoms with Crippen molar-refractivity contribution < 1.29 is 4.79 Å². The van der Waals surface area contributed by atoms with Crippen molar-refractivity contribution in [2.24, 2.45) is 0 Å². The lowest BCUT2D eigenvalue weighted by atomic mass is 10.3. The fraction of sp³-hybridized carbons (Fsp3) is 0.167. The highest BCUT2D eigenvalue weighted by Gasteiger charge is 2.10. The number of thiophene rings is 1. The molecule has 5 nitrogen and oxygen atoms in total. The molecule has 3 aromatic heterocycles. The van der Waals surface area contributed by atoms with Gasteiger partial charge in [-0.1, -0.05) is 12.1 Å². The lowest BCUT2D eigenvalue weighted by Crippen LogP contribution is -2.14. The second-order valence-corrected chi connectivity index (χ2v) is 7.82. The monoisotopic (exact) mass is 368 g/mol. The molecule has 0 atom stereocenters. The van der Waals surface area contributed by atoms with Crippen molar-refractivity contribution >= 4 is 44.7 Å². The summed E-state index contributed by atoms with van der Waals surface area (Å²) in [6.07, 6.45) is 2.16. The number of imidazole rings is 1. The quantitative estimate of drug-likeness (QED) is 0.562. The summed E-state index contributed by atoms with van der Waals surface area (Å²) in [5.74, 6) is -0.0407. The molecule has 0 aliphatic heterocycles. The third-order valence-corrected chi connectivity index (χ3v) is 5.63. The molecule has 4 aromatic rings. The van der Waals surface area contributed by atoms with Gasteiger partial charge in [-0.3, -0.25) is 4.79 Å². The molecule has 0 fully saturated rings. The van der Waals surface area contributed by atoms with E-state index in [0.717, 1.165) is 21.6 Å². The number of benzene rings is 1. The number of thiazole rings is 1. The predicted octanol–water partition coefficient (Wildman–Crippen LogP) is 4.56. The number of aryl methyl sites for hydroxylation is 2. The number of rotatable bonds is 5. The van der Waals surface area contributed by atoms with Crippen LogP contribution in [0.15, 0.2) is 48.1 Å². The summed E-state index contributed by atoms with van der Waals surface area (Å²) in [4.78, 5) is 23.4. The first-order chi connectivity index (χ1) is 12.2. The zero-order valence-corrected chi connectivity index (χ0v) is 15.2. The van der Waals surface area contributed by atoms with Gasteiger partial charge in [-0.2, -0.15) is 0 Å². The average molecular weight is 368 g/mol. The van der Waals surface area contributed by atoms with Crippen LogP contribution in [0.25, 0.3) is 21.6 Å². The molecule has 1 amide bonds. The first-order valence-corrected chi connectivity index (χ1v) is 9.61. The van der Waals surface area contributed by atoms with Gasteiger partial charge in [-0.05, 0) is 31.2 Å². The average Bonchev–Trinajstić information content (AvgIpc) is 3.32. The highest BCUT2D eigenvalue weighted by molar-refractivity contribution is 7.17. The van der Waals surface area contributed by atoms with E-state index in [2.05, 4.69) is 34.3 Å². The minimum atomic E-state index is -0.0407. The van der Waals surface area contributed by atoms with Gasteiger partial charge in [0.05, 0.1) is 27.9 Å². The largest absolute Gasteiger partial charge is 0.330 e. The molecule has 0 aliphatic rings. The van der Waals surface area contributed by atoms with Gasteiger partial charge in [0.1, 0.15) is 0 Å². The summed E-state index contributed by atoms with van der Waals surface area (Å²) >= 11 is 3.16. The maximum atomic E-state index is 12.2. The molecular weight excluding hydrogens is 352 g/mol. The number of fused-ring (bicyclic) bond motifs is 1. The second kappa shape index (κ2) is 6.78. The Morgan fingerprint density at radius 2 is 2.12 bits per heavy atom. The predicted molar refractivity (Wildman–Crippen MR) is 103 cm³/mol. The lowest BCUT2D eigenvalue weighted by molar-refractivity contribution is -0.116. The van der Waals surface area contributed by atoms with E-state index in [4.69, 9.17) is 0 Å². The number of nitrogens with one attached hydrogen (secondary N) is 1. The highest BCUT2D eigenvalue weighted by atomic mass is 32.1. The van der Waals surface area contributed by atoms with Crippen molar-refractivity contribution in [1.29, 1.82) is 0 Å². The molecule has 7 heteroatoms. The Kier molecular flexibility index (Phi) is 4.33. The third-order valence-electron chi connectivity index (χ3n) is 3.85. The lowest BCUT2D eigenvalue weighted by Gasteiger charge is -2.04. The number of hydrogen-bond donors (Lipinski definition) is 1. The summed E-state index contributed by atoms with van der Waals surface area (Å²) in [5.41, 5.74) is 2.90. The Morgan fingerprint density at radius 3 is 2.96 bits per heavy atom. The Morgan fingerprint density at radius 1 is 1.24 bits per heavy atom. The fourth-order valence-electron chi connectivity index (χ4n) is 2.61. The van der Waals surface area contributed by atoms with Gasteiger partial charge in [0, 0.05) is 23.2 Å². The number of nitrogens with zero attached hydrogens (tertiary/aromatic N) is 3. The van der Waals surface area contributed by atoms with Gasteiger partial charge < -0.3 is 9.88 Å². The second-order valence-electron chi connectivity index (χ2n) is 5.67. The van der Waals surface area contributed by atoms with Crippen LogP contribution in [0.2, 0.25) is 0 Å². The first-order valence-electron chi connectivity index (χ1n) is 7.91. The Balaban J connectivity index is 1.38. The van der Waals surface area contributed by atoms with Crippen LogP contribution >= 0.6 is 22.7 Å². The molecule has 0 bridgehead atoms. The molecule has 25 heavy (non-hydrogen) atoms. The summed E-state index contributed by atoms with van der Waals surface area (Å²) in [6.45, 7) is 2.66. The maximum Gasteiger partial charge on any atom is 0.227 e. The normalized spacial score (nSPS) is 11.1. The number of carbonyl (C=O) groups excluding carboxylic acids is 1. The van der Waals surface area contributed by atoms with Crippen molar-refractivity contribution in [3.63, 3.8) is 0 Å². The molecular formula is C18H16N4OS2. The van der Waals surface area contributed by atoms with E-state index in [1.807, 2.05) is 34.2 Å². The maximum absolute atomic E-state index is 12.2. The van der Waals surface area contributed by atoms with Gasteiger partial charge in [0.2, 0.25) is 5.91 Å². The van der Waals surface area contributed by atoms with E-state index in [1.54, 1.807) is 17.7 Å². The van der Waals surface area contributed by atoms with Crippen molar-refractivity contribution in [2.45, 2.75) is 19.9 Å². The molecule has 1 aromatic carbocycles. The third kappa shape index (κ3) is 3.47. The highest BCUT2D eigenvalue weighted by Crippen LogP contribution is 2.30. The van der Waals surface area contributed by atoms with Gasteiger partial charge in [0.25, 0.3) is 0 Å². The fourth-order valence-corrected chi connectivity index (χ4v) is 4.24. The first kappa shape index (κ1) is 16.0. The van der Waals surface area contributed by atoms with Crippen molar-refractivity contribution in [3.8, 4) is 10.6 Å². The minimum absolute atomic E-state index is 0.0407. The van der Waals surface area contributed by atoms with Crippen LogP contribution in [0, 0.1) is 6.92 Å². The Bertz CT molecular complexity index is 1030. The minimum Gasteiger partial charge on any atom is -0.330 e. The van der Waals surface area contributed by atoms with Crippen LogP contribution in [0.4, 0.5) is 5.13 Å². The van der Waals surface area contributed by atoms with Crippen LogP contribution in [-0.2, 0) is 11.3 Å². The number of para-hydroxylation sites is 2. The molecule has 0 saturated carbocycles. The summed E-state index contributed by atoms with van der Waals surface area (Å²) in [7, 11) is 0. The topological polar surface area (TPSA) is 59.8 Å². The van der Waals surface area contributed by atoms with Crippen molar-refractivity contribution in [2.75, 3.05) is 5.32 Å². The van der Waals surface area contributed by atoms with Crippen LogP contribution < -0.4 is 5.32 Å². The molecule has 0 saturated heterocycles. The number of amides is 1. The molecule has 0 spiro atoms. The Hall–Kier alpha value is -2.51. The molecule has 4 rings (SSSR count). The van der Waals surface area contributed by atoms with Crippen molar-refractivity contribution in [1.82, 2.24) is 14.5 Å². The standard InChI is InChI=1S/C18H16N4OS2/c1-12-6-7-16(25-12)14-10-24-18(20-14)21-17(23)8-9-22-11-19-13-4-2-3-5-15(13)22/h2-7,10-11H,8-9H2,1H3,(H,20,21,23). The zero-order chi connectivity index (χ0) is 17.2. The molecule has 1 N–H and O–H groups in total. The van der Waals surface area contributed by atoms with Crippen LogP contribution in [0.1, 0.15) is 11.3 Å². The van der Waals surface area contributed by atoms with E-state index >= 15 is 0 Å². The van der Waals surface area contributed by atoms with Gasteiger partial charge in [-0.15, -0.1) is 22.7 Å². The van der Waals surface area contributed by atoms with E-state index in [-0.39, 0.29) is 5.91 Å². The van der Waals surface area contributed by atoms with E-state index in [0.29, 0.717) is 18.1 Å². The SMILES string of the molecule is Cc1ccc(-c2csc(NC(=O)CCn3cnc4ccccc43)n2)s1. The van der Waals surface area contributed by atoms with Crippen LogP contribution in [0.5, 0.6) is 0 Å². The van der Waals surface area contributed by atoms with E-state index in [1.165, 1.54) is 16.2 Å². The summed E-state index contributed by atoms with van der Waals surface area (Å²) in [5, 5.41) is 5.51. The number of anilines is 1. The molecule has 126 valence electrons.